The molecule has 256 valence electrons. The van der Waals surface area contributed by atoms with Crippen LogP contribution in [0.5, 0.6) is 0 Å². The molecule has 0 aliphatic heterocycles. The highest BCUT2D eigenvalue weighted by atomic mass is 16.6. The second-order valence-corrected chi connectivity index (χ2v) is 16.8. The fraction of sp³-hybridized carbons (Fsp3) is 1.00. The zero-order chi connectivity index (χ0) is 33.0. The summed E-state index contributed by atoms with van der Waals surface area (Å²) in [6.45, 7) is 42.5. The summed E-state index contributed by atoms with van der Waals surface area (Å²) in [6, 6.07) is 0. The second kappa shape index (κ2) is 22.3. The van der Waals surface area contributed by atoms with Gasteiger partial charge in [0.25, 0.3) is 0 Å². The van der Waals surface area contributed by atoms with Crippen molar-refractivity contribution in [2.24, 2.45) is 33.5 Å². The van der Waals surface area contributed by atoms with E-state index in [9.17, 15) is 0 Å². The third-order valence-corrected chi connectivity index (χ3v) is 7.66. The number of rotatable bonds is 20. The highest BCUT2D eigenvalue weighted by Crippen LogP contribution is 2.26. The van der Waals surface area contributed by atoms with Crippen LogP contribution < -0.4 is 0 Å². The number of hydrogen-bond acceptors (Lipinski definition) is 6. The summed E-state index contributed by atoms with van der Waals surface area (Å²) < 4.78 is 34.0. The van der Waals surface area contributed by atoms with E-state index in [0.717, 1.165) is 39.3 Å². The van der Waals surface area contributed by atoms with Crippen LogP contribution >= 0.6 is 0 Å². The monoisotopic (exact) mass is 605 g/mol. The Hall–Kier alpha value is -0.240. The van der Waals surface area contributed by atoms with E-state index >= 15 is 0 Å². The Morgan fingerprint density at radius 1 is 0.381 bits per heavy atom. The van der Waals surface area contributed by atoms with Crippen molar-refractivity contribution in [2.75, 3.05) is 66.1 Å². The van der Waals surface area contributed by atoms with Crippen molar-refractivity contribution in [2.45, 2.75) is 136 Å². The van der Waals surface area contributed by atoms with E-state index in [2.05, 4.69) is 111 Å². The van der Waals surface area contributed by atoms with E-state index in [-0.39, 0.29) is 17.6 Å². The summed E-state index contributed by atoms with van der Waals surface area (Å²) in [5.41, 5.74) is 1.27. The summed E-state index contributed by atoms with van der Waals surface area (Å²) in [5.74, 6) is 1.09. The standard InChI is InChI=1S/C19H40O3.C17H36O3/c1-15(18(4,5)6)12-20-10-11-21-14-17(3)22-13-16(2)19(7,8)9;1-15(20-11-9-17(5,6)7)14-19-13-12-18-10-8-16(2,3)4/h15-17H,10-14H2,1-9H3;15H,8-14H2,1-7H3. The van der Waals surface area contributed by atoms with Crippen LogP contribution in [0.2, 0.25) is 0 Å². The molecule has 0 aromatic carbocycles. The van der Waals surface area contributed by atoms with Gasteiger partial charge in [-0.2, -0.15) is 0 Å². The van der Waals surface area contributed by atoms with Crippen LogP contribution in [-0.4, -0.2) is 78.3 Å². The molecule has 0 radical (unpaired) electrons. The maximum Gasteiger partial charge on any atom is 0.0780 e. The topological polar surface area (TPSA) is 55.4 Å². The molecule has 0 aromatic heterocycles. The van der Waals surface area contributed by atoms with Gasteiger partial charge in [-0.25, -0.2) is 0 Å². The minimum Gasteiger partial charge on any atom is -0.379 e. The van der Waals surface area contributed by atoms with Crippen molar-refractivity contribution in [1.29, 1.82) is 0 Å². The van der Waals surface area contributed by atoms with E-state index < -0.39 is 0 Å². The normalized spacial score (nSPS) is 16.0. The van der Waals surface area contributed by atoms with E-state index in [1.165, 1.54) is 0 Å². The van der Waals surface area contributed by atoms with Crippen molar-refractivity contribution in [3.63, 3.8) is 0 Å². The van der Waals surface area contributed by atoms with Gasteiger partial charge in [-0.15, -0.1) is 0 Å². The van der Waals surface area contributed by atoms with E-state index in [1.54, 1.807) is 0 Å². The summed E-state index contributed by atoms with van der Waals surface area (Å²) in [6.07, 6.45) is 2.46. The molecule has 6 heteroatoms. The lowest BCUT2D eigenvalue weighted by atomic mass is 9.83. The zero-order valence-electron chi connectivity index (χ0n) is 31.2. The predicted molar refractivity (Wildman–Crippen MR) is 179 cm³/mol. The summed E-state index contributed by atoms with van der Waals surface area (Å²) in [4.78, 5) is 0. The van der Waals surface area contributed by atoms with Crippen LogP contribution in [0.3, 0.4) is 0 Å². The zero-order valence-corrected chi connectivity index (χ0v) is 31.2. The van der Waals surface area contributed by atoms with Gasteiger partial charge in [-0.3, -0.25) is 0 Å². The molecule has 0 aromatic rings. The van der Waals surface area contributed by atoms with Crippen LogP contribution in [-0.2, 0) is 28.4 Å². The molecule has 0 aliphatic carbocycles. The first-order valence-corrected chi connectivity index (χ1v) is 16.6. The SMILES string of the molecule is CC(COCCOCC(C)C(C)(C)C)OCC(C)C(C)(C)C.CC(COCCOCCC(C)(C)C)OCCC(C)(C)C. The summed E-state index contributed by atoms with van der Waals surface area (Å²) in [7, 11) is 0. The van der Waals surface area contributed by atoms with E-state index in [4.69, 9.17) is 28.4 Å². The fourth-order valence-corrected chi connectivity index (χ4v) is 2.95. The molecule has 0 fully saturated rings. The Morgan fingerprint density at radius 2 is 0.738 bits per heavy atom. The molecule has 6 nitrogen and oxygen atoms in total. The third-order valence-electron chi connectivity index (χ3n) is 7.66. The molecule has 0 rings (SSSR count). The van der Waals surface area contributed by atoms with Crippen LogP contribution in [0.15, 0.2) is 0 Å². The van der Waals surface area contributed by atoms with Crippen molar-refractivity contribution in [3.8, 4) is 0 Å². The summed E-state index contributed by atoms with van der Waals surface area (Å²) >= 11 is 0. The average Bonchev–Trinajstić information content (AvgIpc) is 2.81. The first kappa shape index (κ1) is 43.9. The van der Waals surface area contributed by atoms with Gasteiger partial charge in [0.05, 0.1) is 58.5 Å². The van der Waals surface area contributed by atoms with Crippen molar-refractivity contribution >= 4 is 0 Å². The molecular weight excluding hydrogens is 528 g/mol. The van der Waals surface area contributed by atoms with E-state index in [0.29, 0.717) is 67.7 Å². The Labute approximate surface area is 263 Å². The van der Waals surface area contributed by atoms with Gasteiger partial charge in [0.2, 0.25) is 0 Å². The average molecular weight is 605 g/mol. The van der Waals surface area contributed by atoms with Gasteiger partial charge < -0.3 is 28.4 Å². The molecule has 0 aliphatic rings. The first-order valence-electron chi connectivity index (χ1n) is 16.6. The van der Waals surface area contributed by atoms with Gasteiger partial charge in [0, 0.05) is 19.8 Å². The third kappa shape index (κ3) is 31.2. The van der Waals surface area contributed by atoms with Gasteiger partial charge in [0.15, 0.2) is 0 Å². The molecule has 42 heavy (non-hydrogen) atoms. The smallest absolute Gasteiger partial charge is 0.0780 e. The van der Waals surface area contributed by atoms with E-state index in [1.807, 2.05) is 0 Å². The maximum absolute atomic E-state index is 5.85. The molecule has 0 N–H and O–H groups in total. The Bertz CT molecular complexity index is 608. The van der Waals surface area contributed by atoms with Gasteiger partial charge in [-0.1, -0.05) is 96.9 Å². The lowest BCUT2D eigenvalue weighted by molar-refractivity contribution is -0.0453. The lowest BCUT2D eigenvalue weighted by Gasteiger charge is -2.28. The molecule has 0 saturated carbocycles. The van der Waals surface area contributed by atoms with Crippen LogP contribution in [0.4, 0.5) is 0 Å². The summed E-state index contributed by atoms with van der Waals surface area (Å²) in [5, 5.41) is 0. The highest BCUT2D eigenvalue weighted by Gasteiger charge is 2.21. The Balaban J connectivity index is 0. The van der Waals surface area contributed by atoms with Crippen LogP contribution in [0.25, 0.3) is 0 Å². The minimum atomic E-state index is 0.137. The van der Waals surface area contributed by atoms with Crippen molar-refractivity contribution in [1.82, 2.24) is 0 Å². The quantitative estimate of drug-likeness (QED) is 0.129. The molecule has 0 bridgehead atoms. The molecule has 4 atom stereocenters. The van der Waals surface area contributed by atoms with Gasteiger partial charge >= 0.3 is 0 Å². The highest BCUT2D eigenvalue weighted by molar-refractivity contribution is 4.70. The minimum absolute atomic E-state index is 0.137. The molecule has 0 amide bonds. The largest absolute Gasteiger partial charge is 0.379 e. The molecular formula is C36H76O6. The predicted octanol–water partition coefficient (Wildman–Crippen LogP) is 9.09. The first-order chi connectivity index (χ1) is 19.0. The second-order valence-electron chi connectivity index (χ2n) is 16.8. The molecule has 0 saturated heterocycles. The molecule has 0 spiro atoms. The Morgan fingerprint density at radius 3 is 1.17 bits per heavy atom. The van der Waals surface area contributed by atoms with Gasteiger partial charge in [0.1, 0.15) is 0 Å². The van der Waals surface area contributed by atoms with Crippen LogP contribution in [0, 0.1) is 33.5 Å². The van der Waals surface area contributed by atoms with Crippen molar-refractivity contribution in [3.05, 3.63) is 0 Å². The Kier molecular flexibility index (Phi) is 23.3. The molecule has 0 heterocycles. The number of hydrogen-bond donors (Lipinski definition) is 0. The fourth-order valence-electron chi connectivity index (χ4n) is 2.95. The lowest BCUT2D eigenvalue weighted by Crippen LogP contribution is -2.27. The van der Waals surface area contributed by atoms with Crippen LogP contribution in [0.1, 0.15) is 124 Å². The van der Waals surface area contributed by atoms with Gasteiger partial charge in [-0.05, 0) is 60.2 Å². The number of ether oxygens (including phenoxy) is 6. The maximum atomic E-state index is 5.85. The van der Waals surface area contributed by atoms with Crippen molar-refractivity contribution < 1.29 is 28.4 Å². The molecule has 4 unspecified atom stereocenters.